The third-order valence-electron chi connectivity index (χ3n) is 2.78. The van der Waals surface area contributed by atoms with Gasteiger partial charge < -0.3 is 14.4 Å². The molecule has 1 aromatic rings. The van der Waals surface area contributed by atoms with Crippen molar-refractivity contribution in [2.75, 3.05) is 19.7 Å². The van der Waals surface area contributed by atoms with Crippen LogP contribution in [0.25, 0.3) is 0 Å². The molecule has 110 valence electrons. The van der Waals surface area contributed by atoms with Crippen molar-refractivity contribution in [1.82, 2.24) is 9.88 Å². The molecule has 2 heterocycles. The molecule has 0 aromatic carbocycles. The van der Waals surface area contributed by atoms with E-state index in [1.165, 1.54) is 0 Å². The van der Waals surface area contributed by atoms with E-state index in [9.17, 15) is 4.79 Å². The van der Waals surface area contributed by atoms with Gasteiger partial charge in [-0.1, -0.05) is 6.07 Å². The lowest BCUT2D eigenvalue weighted by Gasteiger charge is -2.34. The van der Waals surface area contributed by atoms with Crippen molar-refractivity contribution in [3.8, 4) is 0 Å². The first-order valence-corrected chi connectivity index (χ1v) is 7.36. The predicted octanol–water partition coefficient (Wildman–Crippen LogP) is 3.15. The quantitative estimate of drug-likeness (QED) is 0.735. The van der Waals surface area contributed by atoms with Crippen molar-refractivity contribution < 1.29 is 14.3 Å². The first-order chi connectivity index (χ1) is 9.35. The maximum absolute atomic E-state index is 12.1. The highest BCUT2D eigenvalue weighted by Gasteiger charge is 2.29. The Morgan fingerprint density at radius 2 is 2.25 bits per heavy atom. The van der Waals surface area contributed by atoms with Gasteiger partial charge in [0.1, 0.15) is 16.3 Å². The third kappa shape index (κ3) is 4.18. The highest BCUT2D eigenvalue weighted by atomic mass is 79.9. The van der Waals surface area contributed by atoms with E-state index in [0.717, 1.165) is 10.3 Å². The highest BCUT2D eigenvalue weighted by molar-refractivity contribution is 9.10. The zero-order valence-corrected chi connectivity index (χ0v) is 13.5. The van der Waals surface area contributed by atoms with Crippen LogP contribution in [0.4, 0.5) is 4.79 Å². The van der Waals surface area contributed by atoms with E-state index >= 15 is 0 Å². The lowest BCUT2D eigenvalue weighted by atomic mass is 10.2. The minimum absolute atomic E-state index is 0.214. The van der Waals surface area contributed by atoms with Gasteiger partial charge in [-0.25, -0.2) is 9.78 Å². The number of amides is 1. The average molecular weight is 343 g/mol. The van der Waals surface area contributed by atoms with E-state index in [0.29, 0.717) is 19.7 Å². The maximum Gasteiger partial charge on any atom is 0.410 e. The molecule has 1 amide bonds. The van der Waals surface area contributed by atoms with Crippen molar-refractivity contribution in [1.29, 1.82) is 0 Å². The van der Waals surface area contributed by atoms with Crippen LogP contribution in [-0.4, -0.2) is 41.3 Å². The third-order valence-corrected chi connectivity index (χ3v) is 3.23. The Morgan fingerprint density at radius 3 is 2.90 bits per heavy atom. The maximum atomic E-state index is 12.1. The second-order valence-corrected chi connectivity index (χ2v) is 6.48. The molecule has 1 aliphatic rings. The topological polar surface area (TPSA) is 51.7 Å². The van der Waals surface area contributed by atoms with E-state index in [-0.39, 0.29) is 12.2 Å². The molecular formula is C14H19BrN2O3. The summed E-state index contributed by atoms with van der Waals surface area (Å²) in [5, 5.41) is 0. The molecule has 0 saturated carbocycles. The average Bonchev–Trinajstić information content (AvgIpc) is 2.37. The molecule has 1 fully saturated rings. The number of ether oxygens (including phenoxy) is 2. The zero-order valence-electron chi connectivity index (χ0n) is 11.9. The standard InChI is InChI=1S/C14H19BrN2O3/c1-14(2,3)20-13(18)17-7-8-19-11(9-17)10-5-4-6-12(15)16-10/h4-6,11H,7-9H2,1-3H3/t11-/m1/s1. The minimum Gasteiger partial charge on any atom is -0.444 e. The molecule has 1 aliphatic heterocycles. The molecule has 0 N–H and O–H groups in total. The van der Waals surface area contributed by atoms with Crippen molar-refractivity contribution in [3.05, 3.63) is 28.5 Å². The summed E-state index contributed by atoms with van der Waals surface area (Å²) in [7, 11) is 0. The Bertz CT molecular complexity index is 488. The lowest BCUT2D eigenvalue weighted by Crippen LogP contribution is -2.44. The summed E-state index contributed by atoms with van der Waals surface area (Å²) in [6, 6.07) is 5.66. The number of halogens is 1. The summed E-state index contributed by atoms with van der Waals surface area (Å²) in [4.78, 5) is 18.1. The van der Waals surface area contributed by atoms with Gasteiger partial charge >= 0.3 is 6.09 Å². The molecule has 1 atom stereocenters. The number of hydrogen-bond acceptors (Lipinski definition) is 4. The fourth-order valence-corrected chi connectivity index (χ4v) is 2.28. The fraction of sp³-hybridized carbons (Fsp3) is 0.571. The number of rotatable bonds is 1. The highest BCUT2D eigenvalue weighted by Crippen LogP contribution is 2.23. The zero-order chi connectivity index (χ0) is 14.8. The number of carbonyl (C=O) groups excluding carboxylic acids is 1. The van der Waals surface area contributed by atoms with Gasteiger partial charge in [0.2, 0.25) is 0 Å². The van der Waals surface area contributed by atoms with Gasteiger partial charge in [0.25, 0.3) is 0 Å². The number of carbonyl (C=O) groups is 1. The van der Waals surface area contributed by atoms with Crippen LogP contribution in [0.1, 0.15) is 32.6 Å². The lowest BCUT2D eigenvalue weighted by molar-refractivity contribution is -0.0447. The molecular weight excluding hydrogens is 324 g/mol. The van der Waals surface area contributed by atoms with Gasteiger partial charge in [-0.2, -0.15) is 0 Å². The van der Waals surface area contributed by atoms with E-state index in [1.54, 1.807) is 4.90 Å². The fourth-order valence-electron chi connectivity index (χ4n) is 1.92. The van der Waals surface area contributed by atoms with Crippen LogP contribution in [0.3, 0.4) is 0 Å². The van der Waals surface area contributed by atoms with E-state index in [2.05, 4.69) is 20.9 Å². The number of nitrogens with zero attached hydrogens (tertiary/aromatic N) is 2. The van der Waals surface area contributed by atoms with Gasteiger partial charge in [0.15, 0.2) is 0 Å². The van der Waals surface area contributed by atoms with E-state index < -0.39 is 5.60 Å². The Balaban J connectivity index is 2.03. The van der Waals surface area contributed by atoms with Crippen molar-refractivity contribution in [3.63, 3.8) is 0 Å². The van der Waals surface area contributed by atoms with Crippen LogP contribution >= 0.6 is 15.9 Å². The molecule has 20 heavy (non-hydrogen) atoms. The molecule has 0 radical (unpaired) electrons. The van der Waals surface area contributed by atoms with Gasteiger partial charge in [0, 0.05) is 6.54 Å². The summed E-state index contributed by atoms with van der Waals surface area (Å²) >= 11 is 3.34. The van der Waals surface area contributed by atoms with Crippen molar-refractivity contribution in [2.45, 2.75) is 32.5 Å². The number of pyridine rings is 1. The SMILES string of the molecule is CC(C)(C)OC(=O)N1CCO[C@@H](c2cccc(Br)n2)C1. The molecule has 0 unspecified atom stereocenters. The van der Waals surface area contributed by atoms with E-state index in [1.807, 2.05) is 39.0 Å². The first kappa shape index (κ1) is 15.3. The Labute approximate surface area is 127 Å². The molecule has 0 spiro atoms. The summed E-state index contributed by atoms with van der Waals surface area (Å²) in [6.45, 7) is 7.06. The van der Waals surface area contributed by atoms with Gasteiger partial charge in [-0.15, -0.1) is 0 Å². The summed E-state index contributed by atoms with van der Waals surface area (Å²) in [6.07, 6.45) is -0.519. The van der Waals surface area contributed by atoms with Crippen LogP contribution in [0.15, 0.2) is 22.8 Å². The van der Waals surface area contributed by atoms with Crippen molar-refractivity contribution >= 4 is 22.0 Å². The van der Waals surface area contributed by atoms with Crippen LogP contribution in [0.2, 0.25) is 0 Å². The molecule has 1 aromatic heterocycles. The Kier molecular flexibility index (Phi) is 4.65. The molecule has 0 aliphatic carbocycles. The summed E-state index contributed by atoms with van der Waals surface area (Å²) in [5.41, 5.74) is 0.325. The normalized spacial score (nSPS) is 19.8. The Hall–Kier alpha value is -1.14. The summed E-state index contributed by atoms with van der Waals surface area (Å²) < 4.78 is 11.8. The van der Waals surface area contributed by atoms with Crippen LogP contribution in [0.5, 0.6) is 0 Å². The number of aromatic nitrogens is 1. The molecule has 6 heteroatoms. The number of morpholine rings is 1. The number of hydrogen-bond donors (Lipinski definition) is 0. The second-order valence-electron chi connectivity index (χ2n) is 5.67. The monoisotopic (exact) mass is 342 g/mol. The van der Waals surface area contributed by atoms with Gasteiger partial charge in [-0.3, -0.25) is 0 Å². The molecule has 0 bridgehead atoms. The van der Waals surface area contributed by atoms with Gasteiger partial charge in [0.05, 0.1) is 18.8 Å². The molecule has 2 rings (SSSR count). The first-order valence-electron chi connectivity index (χ1n) is 6.57. The molecule has 1 saturated heterocycles. The molecule has 5 nitrogen and oxygen atoms in total. The predicted molar refractivity (Wildman–Crippen MR) is 78.4 cm³/mol. The Morgan fingerprint density at radius 1 is 1.50 bits per heavy atom. The van der Waals surface area contributed by atoms with Crippen molar-refractivity contribution in [2.24, 2.45) is 0 Å². The van der Waals surface area contributed by atoms with Crippen LogP contribution < -0.4 is 0 Å². The largest absolute Gasteiger partial charge is 0.444 e. The second kappa shape index (κ2) is 6.10. The van der Waals surface area contributed by atoms with Gasteiger partial charge in [-0.05, 0) is 48.8 Å². The van der Waals surface area contributed by atoms with Crippen LogP contribution in [0, 0.1) is 0 Å². The van der Waals surface area contributed by atoms with Crippen LogP contribution in [-0.2, 0) is 9.47 Å². The van der Waals surface area contributed by atoms with E-state index in [4.69, 9.17) is 9.47 Å². The smallest absolute Gasteiger partial charge is 0.410 e. The summed E-state index contributed by atoms with van der Waals surface area (Å²) in [5.74, 6) is 0. The minimum atomic E-state index is -0.487.